The molecule has 0 radical (unpaired) electrons. The van der Waals surface area contributed by atoms with Crippen LogP contribution in [0.4, 0.5) is 11.4 Å². The molecule has 2 amide bonds. The SMILES string of the molecule is CNCC(=O)N(C)c1ccc2c(c1)C(C)(C)C(=O)N2C. The number of carbonyl (C=O) groups excluding carboxylic acids is 2. The standard InChI is InChI=1S/C15H21N3O2/c1-15(2)11-8-10(17(4)13(19)9-16-3)6-7-12(11)18(5)14(15)20/h6-8,16H,9H2,1-5H3. The number of carbonyl (C=O) groups is 2. The van der Waals surface area contributed by atoms with Crippen LogP contribution in [-0.2, 0) is 15.0 Å². The fourth-order valence-electron chi connectivity index (χ4n) is 2.58. The number of nitrogens with one attached hydrogen (secondary N) is 1. The number of fused-ring (bicyclic) bond motifs is 1. The lowest BCUT2D eigenvalue weighted by Gasteiger charge is -2.20. The summed E-state index contributed by atoms with van der Waals surface area (Å²) < 4.78 is 0. The van der Waals surface area contributed by atoms with Gasteiger partial charge >= 0.3 is 0 Å². The van der Waals surface area contributed by atoms with Crippen LogP contribution in [0.15, 0.2) is 18.2 Å². The number of benzene rings is 1. The Bertz CT molecular complexity index is 566. The summed E-state index contributed by atoms with van der Waals surface area (Å²) in [5.74, 6) is 0.0665. The Labute approximate surface area is 119 Å². The normalized spacial score (nSPS) is 16.2. The highest BCUT2D eigenvalue weighted by atomic mass is 16.2. The van der Waals surface area contributed by atoms with Gasteiger partial charge in [-0.05, 0) is 44.7 Å². The molecule has 1 aliphatic rings. The van der Waals surface area contributed by atoms with E-state index in [2.05, 4.69) is 5.32 Å². The molecule has 0 saturated carbocycles. The lowest BCUT2D eigenvalue weighted by atomic mass is 9.86. The van der Waals surface area contributed by atoms with Crippen molar-refractivity contribution in [3.8, 4) is 0 Å². The average molecular weight is 275 g/mol. The Kier molecular flexibility index (Phi) is 3.56. The van der Waals surface area contributed by atoms with Crippen LogP contribution in [0.25, 0.3) is 0 Å². The molecule has 0 unspecified atom stereocenters. The molecular formula is C15H21N3O2. The summed E-state index contributed by atoms with van der Waals surface area (Å²) in [6.07, 6.45) is 0. The van der Waals surface area contributed by atoms with Crippen LogP contribution >= 0.6 is 0 Å². The molecule has 5 heteroatoms. The van der Waals surface area contributed by atoms with Crippen molar-refractivity contribution in [3.63, 3.8) is 0 Å². The maximum atomic E-state index is 12.2. The van der Waals surface area contributed by atoms with E-state index in [9.17, 15) is 9.59 Å². The van der Waals surface area contributed by atoms with Crippen LogP contribution in [-0.4, -0.2) is 39.5 Å². The molecule has 1 heterocycles. The predicted molar refractivity (Wildman–Crippen MR) is 80.2 cm³/mol. The number of hydrogen-bond donors (Lipinski definition) is 1. The molecule has 20 heavy (non-hydrogen) atoms. The van der Waals surface area contributed by atoms with E-state index in [1.165, 1.54) is 0 Å². The van der Waals surface area contributed by atoms with Crippen molar-refractivity contribution in [2.24, 2.45) is 0 Å². The van der Waals surface area contributed by atoms with Crippen LogP contribution in [0, 0.1) is 0 Å². The maximum Gasteiger partial charge on any atom is 0.240 e. The number of amides is 2. The Hall–Kier alpha value is -1.88. The molecule has 0 saturated heterocycles. The minimum absolute atomic E-state index is 0.0112. The van der Waals surface area contributed by atoms with E-state index in [0.29, 0.717) is 0 Å². The molecule has 0 bridgehead atoms. The summed E-state index contributed by atoms with van der Waals surface area (Å²) in [7, 11) is 5.27. The van der Waals surface area contributed by atoms with Gasteiger partial charge in [-0.3, -0.25) is 9.59 Å². The molecule has 0 atom stereocenters. The van der Waals surface area contributed by atoms with E-state index in [1.807, 2.05) is 32.0 Å². The minimum Gasteiger partial charge on any atom is -0.314 e. The summed E-state index contributed by atoms with van der Waals surface area (Å²) in [4.78, 5) is 27.4. The van der Waals surface area contributed by atoms with Gasteiger partial charge in [0, 0.05) is 25.5 Å². The Morgan fingerprint density at radius 2 is 2.05 bits per heavy atom. The largest absolute Gasteiger partial charge is 0.314 e. The van der Waals surface area contributed by atoms with Crippen molar-refractivity contribution in [2.45, 2.75) is 19.3 Å². The molecule has 1 aromatic rings. The number of nitrogens with zero attached hydrogens (tertiary/aromatic N) is 2. The van der Waals surface area contributed by atoms with Gasteiger partial charge in [-0.2, -0.15) is 0 Å². The van der Waals surface area contributed by atoms with Gasteiger partial charge in [-0.25, -0.2) is 0 Å². The van der Waals surface area contributed by atoms with Gasteiger partial charge in [0.25, 0.3) is 0 Å². The first-order chi connectivity index (χ1) is 9.30. The first-order valence-electron chi connectivity index (χ1n) is 6.64. The molecule has 1 aromatic carbocycles. The molecule has 1 aliphatic heterocycles. The zero-order chi connectivity index (χ0) is 15.1. The highest BCUT2D eigenvalue weighted by Gasteiger charge is 2.42. The van der Waals surface area contributed by atoms with Crippen LogP contribution in [0.1, 0.15) is 19.4 Å². The van der Waals surface area contributed by atoms with Crippen LogP contribution in [0.5, 0.6) is 0 Å². The minimum atomic E-state index is -0.549. The fraction of sp³-hybridized carbons (Fsp3) is 0.467. The van der Waals surface area contributed by atoms with Gasteiger partial charge in [0.05, 0.1) is 12.0 Å². The van der Waals surface area contributed by atoms with Crippen molar-refractivity contribution < 1.29 is 9.59 Å². The lowest BCUT2D eigenvalue weighted by Crippen LogP contribution is -2.34. The quantitative estimate of drug-likeness (QED) is 0.899. The highest BCUT2D eigenvalue weighted by Crippen LogP contribution is 2.42. The van der Waals surface area contributed by atoms with Crippen molar-refractivity contribution in [3.05, 3.63) is 23.8 Å². The molecule has 0 fully saturated rings. The summed E-state index contributed by atoms with van der Waals surface area (Å²) in [6.45, 7) is 4.11. The molecule has 0 spiro atoms. The summed E-state index contributed by atoms with van der Waals surface area (Å²) in [5, 5.41) is 2.85. The van der Waals surface area contributed by atoms with E-state index < -0.39 is 5.41 Å². The van der Waals surface area contributed by atoms with E-state index in [-0.39, 0.29) is 18.4 Å². The molecule has 1 N–H and O–H groups in total. The fourth-order valence-corrected chi connectivity index (χ4v) is 2.58. The third-order valence-electron chi connectivity index (χ3n) is 3.94. The van der Waals surface area contributed by atoms with Crippen LogP contribution in [0.2, 0.25) is 0 Å². The number of likely N-dealkylation sites (N-methyl/N-ethyl adjacent to an activating group) is 3. The van der Waals surface area contributed by atoms with E-state index >= 15 is 0 Å². The topological polar surface area (TPSA) is 52.7 Å². The molecule has 0 aromatic heterocycles. The summed E-state index contributed by atoms with van der Waals surface area (Å²) >= 11 is 0. The summed E-state index contributed by atoms with van der Waals surface area (Å²) in [6, 6.07) is 5.71. The van der Waals surface area contributed by atoms with Gasteiger partial charge in [0.15, 0.2) is 0 Å². The first kappa shape index (κ1) is 14.5. The zero-order valence-corrected chi connectivity index (χ0v) is 12.7. The summed E-state index contributed by atoms with van der Waals surface area (Å²) in [5.41, 5.74) is 2.14. The third-order valence-corrected chi connectivity index (χ3v) is 3.94. The molecular weight excluding hydrogens is 254 g/mol. The Morgan fingerprint density at radius 3 is 2.65 bits per heavy atom. The lowest BCUT2D eigenvalue weighted by molar-refractivity contribution is -0.121. The smallest absolute Gasteiger partial charge is 0.240 e. The van der Waals surface area contributed by atoms with E-state index in [1.54, 1.807) is 30.9 Å². The van der Waals surface area contributed by atoms with E-state index in [0.717, 1.165) is 16.9 Å². The second kappa shape index (κ2) is 4.90. The third kappa shape index (κ3) is 2.08. The molecule has 2 rings (SSSR count). The molecule has 0 aliphatic carbocycles. The Balaban J connectivity index is 2.41. The number of hydrogen-bond acceptors (Lipinski definition) is 3. The molecule has 108 valence electrons. The number of rotatable bonds is 3. The van der Waals surface area contributed by atoms with Gasteiger partial charge in [0.1, 0.15) is 0 Å². The van der Waals surface area contributed by atoms with Gasteiger partial charge in [-0.1, -0.05) is 0 Å². The number of anilines is 2. The molecule has 5 nitrogen and oxygen atoms in total. The second-order valence-corrected chi connectivity index (χ2v) is 5.67. The average Bonchev–Trinajstić information content (AvgIpc) is 2.59. The zero-order valence-electron chi connectivity index (χ0n) is 12.7. The van der Waals surface area contributed by atoms with Gasteiger partial charge < -0.3 is 15.1 Å². The Morgan fingerprint density at radius 1 is 1.40 bits per heavy atom. The first-order valence-corrected chi connectivity index (χ1v) is 6.64. The maximum absolute atomic E-state index is 12.2. The predicted octanol–water partition coefficient (Wildman–Crippen LogP) is 1.12. The van der Waals surface area contributed by atoms with Crippen molar-refractivity contribution in [1.29, 1.82) is 0 Å². The van der Waals surface area contributed by atoms with Crippen molar-refractivity contribution in [1.82, 2.24) is 5.32 Å². The van der Waals surface area contributed by atoms with Gasteiger partial charge in [-0.15, -0.1) is 0 Å². The van der Waals surface area contributed by atoms with Crippen molar-refractivity contribution in [2.75, 3.05) is 37.5 Å². The van der Waals surface area contributed by atoms with E-state index in [4.69, 9.17) is 0 Å². The highest BCUT2D eigenvalue weighted by molar-refractivity contribution is 6.08. The monoisotopic (exact) mass is 275 g/mol. The van der Waals surface area contributed by atoms with Crippen molar-refractivity contribution >= 4 is 23.2 Å². The van der Waals surface area contributed by atoms with Gasteiger partial charge in [0.2, 0.25) is 11.8 Å². The second-order valence-electron chi connectivity index (χ2n) is 5.67. The van der Waals surface area contributed by atoms with Crippen LogP contribution < -0.4 is 15.1 Å². The van der Waals surface area contributed by atoms with Crippen LogP contribution in [0.3, 0.4) is 0 Å².